The van der Waals surface area contributed by atoms with Gasteiger partial charge in [0.2, 0.25) is 5.91 Å². The zero-order valence-electron chi connectivity index (χ0n) is 11.2. The van der Waals surface area contributed by atoms with Crippen LogP contribution in [0.2, 0.25) is 0 Å². The standard InChI is InChI=1S/C16H12BrClINO/c1-20-14-5-2-9(6-10(14)7-15(20)21)16(18)12-8-11(17)3-4-13(12)19/h2-6,8,16H,7H2,1H3. The minimum absolute atomic E-state index is 0.130. The van der Waals surface area contributed by atoms with Crippen molar-refractivity contribution in [2.75, 3.05) is 11.9 Å². The molecule has 108 valence electrons. The largest absolute Gasteiger partial charge is 0.315 e. The molecule has 1 heterocycles. The molecule has 0 spiro atoms. The maximum absolute atomic E-state index is 11.8. The number of hydrogen-bond donors (Lipinski definition) is 0. The van der Waals surface area contributed by atoms with E-state index in [-0.39, 0.29) is 11.3 Å². The first-order valence-corrected chi connectivity index (χ1v) is 8.76. The van der Waals surface area contributed by atoms with E-state index in [1.807, 2.05) is 43.4 Å². The van der Waals surface area contributed by atoms with Crippen molar-refractivity contribution in [3.05, 3.63) is 61.1 Å². The number of halogens is 3. The van der Waals surface area contributed by atoms with Gasteiger partial charge in [0, 0.05) is 20.8 Å². The Balaban J connectivity index is 2.00. The van der Waals surface area contributed by atoms with Crippen molar-refractivity contribution in [1.82, 2.24) is 0 Å². The summed E-state index contributed by atoms with van der Waals surface area (Å²) in [5, 5.41) is -0.222. The molecule has 2 aromatic carbocycles. The summed E-state index contributed by atoms with van der Waals surface area (Å²) in [5.74, 6) is 0.130. The van der Waals surface area contributed by atoms with Crippen LogP contribution in [0.4, 0.5) is 5.69 Å². The van der Waals surface area contributed by atoms with Crippen molar-refractivity contribution in [2.24, 2.45) is 0 Å². The Morgan fingerprint density at radius 3 is 2.81 bits per heavy atom. The number of fused-ring (bicyclic) bond motifs is 1. The first-order valence-electron chi connectivity index (χ1n) is 6.46. The van der Waals surface area contributed by atoms with Crippen molar-refractivity contribution in [1.29, 1.82) is 0 Å². The third-order valence-electron chi connectivity index (χ3n) is 3.70. The molecule has 0 aromatic heterocycles. The number of amides is 1. The predicted octanol–water partition coefficient (Wildman–Crippen LogP) is 4.90. The Kier molecular flexibility index (Phi) is 4.30. The molecule has 0 saturated carbocycles. The van der Waals surface area contributed by atoms with Crippen LogP contribution in [0.5, 0.6) is 0 Å². The van der Waals surface area contributed by atoms with E-state index < -0.39 is 0 Å². The van der Waals surface area contributed by atoms with Crippen LogP contribution in [0.3, 0.4) is 0 Å². The maximum Gasteiger partial charge on any atom is 0.231 e. The highest BCUT2D eigenvalue weighted by molar-refractivity contribution is 14.1. The quantitative estimate of drug-likeness (QED) is 0.446. The van der Waals surface area contributed by atoms with Gasteiger partial charge in [0.05, 0.1) is 11.8 Å². The molecule has 0 fully saturated rings. The molecule has 2 nitrogen and oxygen atoms in total. The molecule has 0 N–H and O–H groups in total. The predicted molar refractivity (Wildman–Crippen MR) is 98.1 cm³/mol. The fraction of sp³-hybridized carbons (Fsp3) is 0.188. The van der Waals surface area contributed by atoms with Crippen molar-refractivity contribution in [3.8, 4) is 0 Å². The summed E-state index contributed by atoms with van der Waals surface area (Å²) in [6.07, 6.45) is 0.457. The van der Waals surface area contributed by atoms with E-state index >= 15 is 0 Å². The third kappa shape index (κ3) is 2.85. The Labute approximate surface area is 150 Å². The highest BCUT2D eigenvalue weighted by Gasteiger charge is 2.25. The molecule has 3 rings (SSSR count). The van der Waals surface area contributed by atoms with Gasteiger partial charge >= 0.3 is 0 Å². The fourth-order valence-corrected chi connectivity index (χ4v) is 4.06. The molecule has 1 unspecified atom stereocenters. The van der Waals surface area contributed by atoms with Crippen LogP contribution in [0, 0.1) is 3.57 Å². The van der Waals surface area contributed by atoms with E-state index in [1.54, 1.807) is 4.90 Å². The molecule has 1 atom stereocenters. The molecular weight excluding hydrogens is 464 g/mol. The molecule has 21 heavy (non-hydrogen) atoms. The van der Waals surface area contributed by atoms with Gasteiger partial charge in [0.15, 0.2) is 0 Å². The number of carbonyl (C=O) groups excluding carboxylic acids is 1. The molecule has 2 aromatic rings. The van der Waals surface area contributed by atoms with E-state index in [4.69, 9.17) is 11.6 Å². The lowest BCUT2D eigenvalue weighted by Gasteiger charge is -2.15. The molecular formula is C16H12BrClINO. The fourth-order valence-electron chi connectivity index (χ4n) is 2.54. The van der Waals surface area contributed by atoms with Gasteiger partial charge in [0.25, 0.3) is 0 Å². The van der Waals surface area contributed by atoms with Gasteiger partial charge < -0.3 is 4.90 Å². The molecule has 0 saturated heterocycles. The lowest BCUT2D eigenvalue weighted by Crippen LogP contribution is -2.20. The number of hydrogen-bond acceptors (Lipinski definition) is 1. The van der Waals surface area contributed by atoms with Gasteiger partial charge in [-0.3, -0.25) is 4.79 Å². The summed E-state index contributed by atoms with van der Waals surface area (Å²) in [6, 6.07) is 12.1. The van der Waals surface area contributed by atoms with Crippen LogP contribution < -0.4 is 4.90 Å². The van der Waals surface area contributed by atoms with Gasteiger partial charge in [-0.2, -0.15) is 0 Å². The van der Waals surface area contributed by atoms with E-state index in [0.29, 0.717) is 6.42 Å². The van der Waals surface area contributed by atoms with Gasteiger partial charge in [-0.25, -0.2) is 0 Å². The zero-order chi connectivity index (χ0) is 15.1. The minimum atomic E-state index is -0.222. The van der Waals surface area contributed by atoms with Gasteiger partial charge in [-0.05, 0) is 63.5 Å². The zero-order valence-corrected chi connectivity index (χ0v) is 15.7. The van der Waals surface area contributed by atoms with Crippen molar-refractivity contribution in [3.63, 3.8) is 0 Å². The second kappa shape index (κ2) is 5.89. The van der Waals surface area contributed by atoms with Crippen molar-refractivity contribution < 1.29 is 4.79 Å². The molecule has 0 bridgehead atoms. The molecule has 1 aliphatic heterocycles. The molecule has 1 amide bonds. The smallest absolute Gasteiger partial charge is 0.231 e. The number of carbonyl (C=O) groups is 1. The maximum atomic E-state index is 11.8. The number of anilines is 1. The van der Waals surface area contributed by atoms with Gasteiger partial charge in [0.1, 0.15) is 0 Å². The molecule has 0 aliphatic carbocycles. The third-order valence-corrected chi connectivity index (χ3v) is 5.67. The number of nitrogens with zero attached hydrogens (tertiary/aromatic N) is 1. The normalized spacial score (nSPS) is 15.2. The highest BCUT2D eigenvalue weighted by atomic mass is 127. The number of rotatable bonds is 2. The SMILES string of the molecule is CN1C(=O)Cc2cc(C(Cl)c3cc(Br)ccc3I)ccc21. The Hall–Kier alpha value is -0.590. The highest BCUT2D eigenvalue weighted by Crippen LogP contribution is 2.37. The van der Waals surface area contributed by atoms with Crippen molar-refractivity contribution in [2.45, 2.75) is 11.8 Å². The minimum Gasteiger partial charge on any atom is -0.315 e. The van der Waals surface area contributed by atoms with Crippen LogP contribution in [-0.4, -0.2) is 13.0 Å². The summed E-state index contributed by atoms with van der Waals surface area (Å²) in [5.41, 5.74) is 4.13. The van der Waals surface area contributed by atoms with E-state index in [0.717, 1.165) is 30.4 Å². The number of alkyl halides is 1. The van der Waals surface area contributed by atoms with Crippen LogP contribution in [-0.2, 0) is 11.2 Å². The molecule has 1 aliphatic rings. The number of benzene rings is 2. The Morgan fingerprint density at radius 2 is 2.05 bits per heavy atom. The first-order chi connectivity index (χ1) is 9.97. The average molecular weight is 477 g/mol. The van der Waals surface area contributed by atoms with E-state index in [9.17, 15) is 4.79 Å². The van der Waals surface area contributed by atoms with Crippen LogP contribution in [0.15, 0.2) is 40.9 Å². The van der Waals surface area contributed by atoms with Gasteiger partial charge in [-0.15, -0.1) is 11.6 Å². The van der Waals surface area contributed by atoms with Crippen LogP contribution in [0.1, 0.15) is 22.1 Å². The number of likely N-dealkylation sites (N-methyl/N-ethyl adjacent to an activating group) is 1. The molecule has 0 radical (unpaired) electrons. The second-order valence-electron chi connectivity index (χ2n) is 5.05. The van der Waals surface area contributed by atoms with Gasteiger partial charge in [-0.1, -0.05) is 28.1 Å². The lowest BCUT2D eigenvalue weighted by molar-refractivity contribution is -0.117. The average Bonchev–Trinajstić information content (AvgIpc) is 2.75. The Morgan fingerprint density at radius 1 is 1.29 bits per heavy atom. The summed E-state index contributed by atoms with van der Waals surface area (Å²) in [4.78, 5) is 13.5. The van der Waals surface area contributed by atoms with Crippen LogP contribution in [0.25, 0.3) is 0 Å². The monoisotopic (exact) mass is 475 g/mol. The molecule has 5 heteroatoms. The van der Waals surface area contributed by atoms with E-state index in [2.05, 4.69) is 38.5 Å². The Bertz CT molecular complexity index is 734. The summed E-state index contributed by atoms with van der Waals surface area (Å²) in [6.45, 7) is 0. The van der Waals surface area contributed by atoms with E-state index in [1.165, 1.54) is 0 Å². The van der Waals surface area contributed by atoms with Crippen molar-refractivity contribution >= 4 is 61.7 Å². The first kappa shape index (κ1) is 15.3. The summed E-state index contributed by atoms with van der Waals surface area (Å²) < 4.78 is 2.14. The van der Waals surface area contributed by atoms with Crippen LogP contribution >= 0.6 is 50.1 Å². The summed E-state index contributed by atoms with van der Waals surface area (Å²) >= 11 is 12.4. The topological polar surface area (TPSA) is 20.3 Å². The second-order valence-corrected chi connectivity index (χ2v) is 7.56. The summed E-state index contributed by atoms with van der Waals surface area (Å²) in [7, 11) is 1.81. The lowest BCUT2D eigenvalue weighted by atomic mass is 10.0.